The molecule has 1 aliphatic heterocycles. The molecule has 1 amide bonds. The first-order chi connectivity index (χ1) is 16.8. The highest BCUT2D eigenvalue weighted by Gasteiger charge is 2.27. The second-order valence-electron chi connectivity index (χ2n) is 7.86. The van der Waals surface area contributed by atoms with Crippen LogP contribution in [-0.4, -0.2) is 70.3 Å². The minimum absolute atomic E-state index is 0.0489. The van der Waals surface area contributed by atoms with Gasteiger partial charge in [0, 0.05) is 24.1 Å². The van der Waals surface area contributed by atoms with Crippen LogP contribution in [0.4, 0.5) is 8.78 Å². The third-order valence-corrected chi connectivity index (χ3v) is 5.67. The number of halogens is 2. The van der Waals surface area contributed by atoms with Crippen LogP contribution in [-0.2, 0) is 16.0 Å². The average Bonchev–Trinajstić information content (AvgIpc) is 2.87. The van der Waals surface area contributed by atoms with Gasteiger partial charge in [0.1, 0.15) is 12.7 Å². The number of hydrogen-bond acceptors (Lipinski definition) is 7. The standard InChI is InChI=1S/C25H29F2NO7/c1-5-20(29)16-10-18(26)24(19(27)11-16)35-14-17-13-28(8-9-34-17)22(30)12-15-6-7-21(31-2)25(33-4)23(15)32-3/h6-7,10-11,17H,5,8-9,12-14H2,1-4H3. The molecule has 0 spiro atoms. The normalized spacial score (nSPS) is 15.5. The Morgan fingerprint density at radius 2 is 1.71 bits per heavy atom. The first-order valence-electron chi connectivity index (χ1n) is 11.1. The van der Waals surface area contributed by atoms with Crippen LogP contribution in [0.15, 0.2) is 24.3 Å². The predicted molar refractivity (Wildman–Crippen MR) is 123 cm³/mol. The topological polar surface area (TPSA) is 83.5 Å². The van der Waals surface area contributed by atoms with Crippen LogP contribution in [0.5, 0.6) is 23.0 Å². The lowest BCUT2D eigenvalue weighted by molar-refractivity contribution is -0.139. The summed E-state index contributed by atoms with van der Waals surface area (Å²) in [6, 6.07) is 5.34. The van der Waals surface area contributed by atoms with E-state index in [1.165, 1.54) is 21.3 Å². The van der Waals surface area contributed by atoms with Crippen molar-refractivity contribution in [3.8, 4) is 23.0 Å². The molecule has 3 rings (SSSR count). The zero-order chi connectivity index (χ0) is 25.5. The van der Waals surface area contributed by atoms with Gasteiger partial charge in [-0.1, -0.05) is 13.0 Å². The van der Waals surface area contributed by atoms with Crippen molar-refractivity contribution in [2.24, 2.45) is 0 Å². The summed E-state index contributed by atoms with van der Waals surface area (Å²) in [5.74, 6) is -1.78. The molecule has 2 aromatic carbocycles. The molecule has 0 saturated carbocycles. The maximum absolute atomic E-state index is 14.3. The van der Waals surface area contributed by atoms with Crippen molar-refractivity contribution >= 4 is 11.7 Å². The van der Waals surface area contributed by atoms with E-state index in [0.717, 1.165) is 12.1 Å². The van der Waals surface area contributed by atoms with Crippen LogP contribution in [0.3, 0.4) is 0 Å². The quantitative estimate of drug-likeness (QED) is 0.469. The lowest BCUT2D eigenvalue weighted by Crippen LogP contribution is -2.48. The fourth-order valence-electron chi connectivity index (χ4n) is 3.86. The SMILES string of the molecule is CCC(=O)c1cc(F)c(OCC2CN(C(=O)Cc3ccc(OC)c(OC)c3OC)CCO2)c(F)c1. The summed E-state index contributed by atoms with van der Waals surface area (Å²) in [7, 11) is 4.48. The van der Waals surface area contributed by atoms with Crippen LogP contribution >= 0.6 is 0 Å². The molecule has 1 saturated heterocycles. The molecule has 0 bridgehead atoms. The van der Waals surface area contributed by atoms with Crippen molar-refractivity contribution in [2.75, 3.05) is 47.6 Å². The van der Waals surface area contributed by atoms with Gasteiger partial charge in [-0.05, 0) is 18.2 Å². The summed E-state index contributed by atoms with van der Waals surface area (Å²) in [5, 5.41) is 0. The zero-order valence-electron chi connectivity index (χ0n) is 20.2. The smallest absolute Gasteiger partial charge is 0.227 e. The van der Waals surface area contributed by atoms with E-state index in [4.69, 9.17) is 23.7 Å². The zero-order valence-corrected chi connectivity index (χ0v) is 20.2. The van der Waals surface area contributed by atoms with Gasteiger partial charge >= 0.3 is 0 Å². The van der Waals surface area contributed by atoms with Crippen molar-refractivity contribution in [3.63, 3.8) is 0 Å². The summed E-state index contributed by atoms with van der Waals surface area (Å²) in [6.45, 7) is 2.24. The third-order valence-electron chi connectivity index (χ3n) is 5.67. The number of methoxy groups -OCH3 is 3. The monoisotopic (exact) mass is 493 g/mol. The molecule has 1 aliphatic rings. The highest BCUT2D eigenvalue weighted by atomic mass is 19.1. The number of benzene rings is 2. The minimum Gasteiger partial charge on any atom is -0.493 e. The molecule has 35 heavy (non-hydrogen) atoms. The average molecular weight is 494 g/mol. The minimum atomic E-state index is -0.967. The number of hydrogen-bond donors (Lipinski definition) is 0. The number of Topliss-reactive ketones (excluding diaryl/α,β-unsaturated/α-hetero) is 1. The molecular formula is C25H29F2NO7. The Bertz CT molecular complexity index is 1050. The number of ether oxygens (including phenoxy) is 5. The fourth-order valence-corrected chi connectivity index (χ4v) is 3.86. The summed E-state index contributed by atoms with van der Waals surface area (Å²) in [6.07, 6.45) is -0.405. The van der Waals surface area contributed by atoms with Gasteiger partial charge in [-0.15, -0.1) is 0 Å². The van der Waals surface area contributed by atoms with Gasteiger partial charge in [0.2, 0.25) is 11.7 Å². The molecule has 0 aliphatic carbocycles. The van der Waals surface area contributed by atoms with Gasteiger partial charge < -0.3 is 28.6 Å². The largest absolute Gasteiger partial charge is 0.493 e. The molecule has 0 radical (unpaired) electrons. The first kappa shape index (κ1) is 26.2. The van der Waals surface area contributed by atoms with Crippen molar-refractivity contribution in [3.05, 3.63) is 47.0 Å². The Hall–Kier alpha value is -3.40. The van der Waals surface area contributed by atoms with E-state index in [1.54, 1.807) is 24.0 Å². The molecular weight excluding hydrogens is 464 g/mol. The maximum Gasteiger partial charge on any atom is 0.227 e. The van der Waals surface area contributed by atoms with Gasteiger partial charge in [0.15, 0.2) is 34.7 Å². The van der Waals surface area contributed by atoms with Gasteiger partial charge in [-0.3, -0.25) is 9.59 Å². The Labute approximate surface area is 202 Å². The van der Waals surface area contributed by atoms with Crippen LogP contribution in [0.1, 0.15) is 29.3 Å². The number of amides is 1. The lowest BCUT2D eigenvalue weighted by Gasteiger charge is -2.33. The third kappa shape index (κ3) is 6.00. The Morgan fingerprint density at radius 1 is 1.03 bits per heavy atom. The van der Waals surface area contributed by atoms with E-state index in [-0.39, 0.29) is 49.9 Å². The van der Waals surface area contributed by atoms with Gasteiger partial charge in [0.05, 0.1) is 40.9 Å². The molecule has 0 aromatic heterocycles. The number of ketones is 1. The highest BCUT2D eigenvalue weighted by molar-refractivity contribution is 5.96. The van der Waals surface area contributed by atoms with E-state index in [0.29, 0.717) is 29.4 Å². The number of morpholine rings is 1. The van der Waals surface area contributed by atoms with Crippen molar-refractivity contribution in [1.82, 2.24) is 4.90 Å². The van der Waals surface area contributed by atoms with Crippen LogP contribution in [0.2, 0.25) is 0 Å². The van der Waals surface area contributed by atoms with Gasteiger partial charge in [-0.2, -0.15) is 0 Å². The second-order valence-corrected chi connectivity index (χ2v) is 7.86. The van der Waals surface area contributed by atoms with E-state index in [9.17, 15) is 18.4 Å². The molecule has 8 nitrogen and oxygen atoms in total. The molecule has 10 heteroatoms. The van der Waals surface area contributed by atoms with E-state index in [1.807, 2.05) is 0 Å². The molecule has 1 atom stereocenters. The van der Waals surface area contributed by atoms with Gasteiger partial charge in [0.25, 0.3) is 0 Å². The number of nitrogens with zero attached hydrogens (tertiary/aromatic N) is 1. The Morgan fingerprint density at radius 3 is 2.31 bits per heavy atom. The summed E-state index contributed by atoms with van der Waals surface area (Å²) < 4.78 is 55.7. The van der Waals surface area contributed by atoms with E-state index in [2.05, 4.69) is 0 Å². The molecule has 1 heterocycles. The number of carbonyl (C=O) groups is 2. The van der Waals surface area contributed by atoms with E-state index >= 15 is 0 Å². The molecule has 1 fully saturated rings. The van der Waals surface area contributed by atoms with Crippen LogP contribution in [0, 0.1) is 11.6 Å². The Kier molecular flexibility index (Phi) is 8.86. The fraction of sp³-hybridized carbons (Fsp3) is 0.440. The molecule has 2 aromatic rings. The molecule has 0 N–H and O–H groups in total. The first-order valence-corrected chi connectivity index (χ1v) is 11.1. The Balaban J connectivity index is 1.65. The number of rotatable bonds is 10. The molecule has 190 valence electrons. The van der Waals surface area contributed by atoms with Crippen molar-refractivity contribution in [2.45, 2.75) is 25.9 Å². The summed E-state index contributed by atoms with van der Waals surface area (Å²) in [5.41, 5.74) is 0.575. The lowest BCUT2D eigenvalue weighted by atomic mass is 10.1. The van der Waals surface area contributed by atoms with Crippen LogP contribution < -0.4 is 18.9 Å². The van der Waals surface area contributed by atoms with Gasteiger partial charge in [-0.25, -0.2) is 8.78 Å². The second kappa shape index (κ2) is 11.8. The van der Waals surface area contributed by atoms with E-state index < -0.39 is 23.5 Å². The predicted octanol–water partition coefficient (Wildman–Crippen LogP) is 3.43. The summed E-state index contributed by atoms with van der Waals surface area (Å²) >= 11 is 0. The van der Waals surface area contributed by atoms with Crippen molar-refractivity contribution in [1.29, 1.82) is 0 Å². The molecule has 1 unspecified atom stereocenters. The van der Waals surface area contributed by atoms with Crippen molar-refractivity contribution < 1.29 is 42.1 Å². The highest BCUT2D eigenvalue weighted by Crippen LogP contribution is 2.40. The maximum atomic E-state index is 14.3. The summed E-state index contributed by atoms with van der Waals surface area (Å²) in [4.78, 5) is 26.3. The number of carbonyl (C=O) groups excluding carboxylic acids is 2. The van der Waals surface area contributed by atoms with Crippen LogP contribution in [0.25, 0.3) is 0 Å².